The summed E-state index contributed by atoms with van der Waals surface area (Å²) in [6, 6.07) is 3.74. The third-order valence-electron chi connectivity index (χ3n) is 1.26. The molecule has 0 spiro atoms. The van der Waals surface area contributed by atoms with Gasteiger partial charge in [0.1, 0.15) is 5.75 Å². The zero-order valence-electron chi connectivity index (χ0n) is 5.36. The fraction of sp³-hybridized carbons (Fsp3) is 0.143. The maximum Gasteiger partial charge on any atom is 0.144 e. The molecule has 0 heterocycles. The third kappa shape index (κ3) is 1.35. The second-order valence-corrected chi connectivity index (χ2v) is 3.67. The Bertz CT molecular complexity index is 231. The van der Waals surface area contributed by atoms with Gasteiger partial charge >= 0.3 is 0 Å². The van der Waals surface area contributed by atoms with Crippen molar-refractivity contribution in [1.29, 1.82) is 0 Å². The Hall–Kier alpha value is -0.0200. The van der Waals surface area contributed by atoms with Crippen LogP contribution in [0.25, 0.3) is 0 Å². The summed E-state index contributed by atoms with van der Waals surface area (Å²) >= 11 is 6.45. The summed E-state index contributed by atoms with van der Waals surface area (Å²) in [6.45, 7) is 1.93. The number of phenolic OH excluding ortho intramolecular Hbond substituents is 1. The molecule has 3 heteroatoms. The highest BCUT2D eigenvalue weighted by molar-refractivity contribution is 9.11. The fourth-order valence-electron chi connectivity index (χ4n) is 0.642. The first-order valence-electron chi connectivity index (χ1n) is 2.76. The van der Waals surface area contributed by atoms with Crippen molar-refractivity contribution >= 4 is 31.9 Å². The van der Waals surface area contributed by atoms with E-state index < -0.39 is 0 Å². The average Bonchev–Trinajstić information content (AvgIpc) is 1.93. The van der Waals surface area contributed by atoms with Crippen molar-refractivity contribution in [2.45, 2.75) is 6.92 Å². The Balaban J connectivity index is 3.34. The molecule has 0 fully saturated rings. The number of benzene rings is 1. The Morgan fingerprint density at radius 2 is 1.90 bits per heavy atom. The Morgan fingerprint density at radius 3 is 2.40 bits per heavy atom. The van der Waals surface area contributed by atoms with Crippen LogP contribution in [0.15, 0.2) is 21.1 Å². The minimum atomic E-state index is 0.264. The molecule has 10 heavy (non-hydrogen) atoms. The topological polar surface area (TPSA) is 20.2 Å². The highest BCUT2D eigenvalue weighted by Crippen LogP contribution is 2.33. The molecule has 1 aromatic rings. The molecular weight excluding hydrogens is 260 g/mol. The maximum absolute atomic E-state index is 9.29. The minimum absolute atomic E-state index is 0.264. The van der Waals surface area contributed by atoms with Crippen molar-refractivity contribution in [3.05, 3.63) is 26.6 Å². The molecule has 0 radical (unpaired) electrons. The molecule has 1 aromatic carbocycles. The molecule has 0 atom stereocenters. The van der Waals surface area contributed by atoms with Gasteiger partial charge in [-0.05, 0) is 50.4 Å². The van der Waals surface area contributed by atoms with E-state index in [9.17, 15) is 5.11 Å². The van der Waals surface area contributed by atoms with Gasteiger partial charge in [0.2, 0.25) is 0 Å². The van der Waals surface area contributed by atoms with Gasteiger partial charge in [0, 0.05) is 0 Å². The highest BCUT2D eigenvalue weighted by atomic mass is 79.9. The number of hydrogen-bond donors (Lipinski definition) is 1. The number of aryl methyl sites for hydroxylation is 1. The summed E-state index contributed by atoms with van der Waals surface area (Å²) in [7, 11) is 0. The summed E-state index contributed by atoms with van der Waals surface area (Å²) in [5, 5.41) is 9.29. The molecule has 0 amide bonds. The summed E-state index contributed by atoms with van der Waals surface area (Å²) in [5.74, 6) is 0.264. The number of phenols is 1. The van der Waals surface area contributed by atoms with E-state index in [2.05, 4.69) is 31.9 Å². The van der Waals surface area contributed by atoms with Crippen molar-refractivity contribution in [2.75, 3.05) is 0 Å². The van der Waals surface area contributed by atoms with Gasteiger partial charge in [-0.25, -0.2) is 0 Å². The van der Waals surface area contributed by atoms with Crippen molar-refractivity contribution in [3.63, 3.8) is 0 Å². The van der Waals surface area contributed by atoms with Crippen LogP contribution in [-0.2, 0) is 0 Å². The van der Waals surface area contributed by atoms with Gasteiger partial charge in [-0.3, -0.25) is 0 Å². The summed E-state index contributed by atoms with van der Waals surface area (Å²) in [6.07, 6.45) is 0. The molecule has 0 bridgehead atoms. The van der Waals surface area contributed by atoms with E-state index in [1.165, 1.54) is 0 Å². The molecule has 1 nitrogen and oxygen atoms in total. The van der Waals surface area contributed by atoms with Gasteiger partial charge in [-0.2, -0.15) is 0 Å². The second kappa shape index (κ2) is 2.93. The van der Waals surface area contributed by atoms with E-state index in [0.29, 0.717) is 4.47 Å². The van der Waals surface area contributed by atoms with Crippen molar-refractivity contribution in [3.8, 4) is 5.75 Å². The molecular formula is C7H6Br2O. The zero-order chi connectivity index (χ0) is 7.72. The number of halogens is 2. The Morgan fingerprint density at radius 1 is 1.30 bits per heavy atom. The zero-order valence-corrected chi connectivity index (χ0v) is 8.53. The lowest BCUT2D eigenvalue weighted by atomic mass is 10.2. The first kappa shape index (κ1) is 8.08. The Kier molecular flexibility index (Phi) is 2.36. The van der Waals surface area contributed by atoms with Crippen LogP contribution in [0.1, 0.15) is 5.56 Å². The van der Waals surface area contributed by atoms with Gasteiger partial charge in [-0.15, -0.1) is 0 Å². The van der Waals surface area contributed by atoms with E-state index in [1.54, 1.807) is 0 Å². The fourth-order valence-corrected chi connectivity index (χ4v) is 1.58. The summed E-state index contributed by atoms with van der Waals surface area (Å²) in [4.78, 5) is 0. The van der Waals surface area contributed by atoms with Gasteiger partial charge in [-0.1, -0.05) is 6.07 Å². The molecule has 0 aromatic heterocycles. The summed E-state index contributed by atoms with van der Waals surface area (Å²) < 4.78 is 1.46. The quantitative estimate of drug-likeness (QED) is 0.764. The lowest BCUT2D eigenvalue weighted by Gasteiger charge is -2.01. The van der Waals surface area contributed by atoms with Gasteiger partial charge in [0.05, 0.1) is 8.95 Å². The van der Waals surface area contributed by atoms with E-state index in [1.807, 2.05) is 19.1 Å². The maximum atomic E-state index is 9.29. The smallest absolute Gasteiger partial charge is 0.144 e. The van der Waals surface area contributed by atoms with Crippen molar-refractivity contribution < 1.29 is 5.11 Å². The summed E-state index contributed by atoms with van der Waals surface area (Å²) in [5.41, 5.74) is 1.03. The van der Waals surface area contributed by atoms with E-state index >= 15 is 0 Å². The van der Waals surface area contributed by atoms with E-state index in [4.69, 9.17) is 0 Å². The monoisotopic (exact) mass is 264 g/mol. The van der Waals surface area contributed by atoms with Gasteiger partial charge in [0.25, 0.3) is 0 Å². The molecule has 1 rings (SSSR count). The molecule has 1 N–H and O–H groups in total. The minimum Gasteiger partial charge on any atom is -0.506 e. The van der Waals surface area contributed by atoms with Crippen molar-refractivity contribution in [2.24, 2.45) is 0 Å². The molecule has 54 valence electrons. The van der Waals surface area contributed by atoms with Crippen LogP contribution in [0.3, 0.4) is 0 Å². The Labute approximate surface area is 76.3 Å². The third-order valence-corrected chi connectivity index (χ3v) is 2.90. The lowest BCUT2D eigenvalue weighted by Crippen LogP contribution is -1.76. The number of aromatic hydroxyl groups is 1. The number of rotatable bonds is 0. The molecule has 0 aliphatic rings. The van der Waals surface area contributed by atoms with E-state index in [-0.39, 0.29) is 5.75 Å². The largest absolute Gasteiger partial charge is 0.506 e. The van der Waals surface area contributed by atoms with Crippen LogP contribution in [0.4, 0.5) is 0 Å². The molecule has 0 aliphatic heterocycles. The number of hydrogen-bond acceptors (Lipinski definition) is 1. The van der Waals surface area contributed by atoms with Gasteiger partial charge in [0.15, 0.2) is 0 Å². The van der Waals surface area contributed by atoms with Gasteiger partial charge < -0.3 is 5.11 Å². The molecule has 0 unspecified atom stereocenters. The first-order valence-corrected chi connectivity index (χ1v) is 4.35. The van der Waals surface area contributed by atoms with Crippen LogP contribution in [0, 0.1) is 6.92 Å². The highest BCUT2D eigenvalue weighted by Gasteiger charge is 2.03. The van der Waals surface area contributed by atoms with Crippen LogP contribution >= 0.6 is 31.9 Å². The second-order valence-electron chi connectivity index (χ2n) is 2.03. The molecule has 0 aliphatic carbocycles. The first-order chi connectivity index (χ1) is 4.63. The van der Waals surface area contributed by atoms with Crippen molar-refractivity contribution in [1.82, 2.24) is 0 Å². The van der Waals surface area contributed by atoms with Crippen LogP contribution in [-0.4, -0.2) is 5.11 Å². The SMILES string of the molecule is Cc1ccc(Br)c(O)c1Br. The lowest BCUT2D eigenvalue weighted by molar-refractivity contribution is 0.468. The normalized spacial score (nSPS) is 9.90. The molecule has 0 saturated heterocycles. The predicted octanol–water partition coefficient (Wildman–Crippen LogP) is 3.23. The average molecular weight is 266 g/mol. The van der Waals surface area contributed by atoms with Crippen LogP contribution < -0.4 is 0 Å². The standard InChI is InChI=1S/C7H6Br2O/c1-4-2-3-5(8)7(10)6(4)9/h2-3,10H,1H3. The van der Waals surface area contributed by atoms with E-state index in [0.717, 1.165) is 10.0 Å². The predicted molar refractivity (Wildman–Crippen MR) is 48.2 cm³/mol. The molecule has 0 saturated carbocycles. The van der Waals surface area contributed by atoms with Crippen LogP contribution in [0.2, 0.25) is 0 Å². The van der Waals surface area contributed by atoms with Crippen LogP contribution in [0.5, 0.6) is 5.75 Å².